The maximum absolute atomic E-state index is 10.8. The van der Waals surface area contributed by atoms with Crippen LogP contribution in [0.4, 0.5) is 0 Å². The minimum Gasteiger partial charge on any atom is -0.454 e. The number of carbonyl (C=O) groups is 1. The Kier molecular flexibility index (Phi) is 2.97. The summed E-state index contributed by atoms with van der Waals surface area (Å²) in [5.41, 5.74) is 0. The molecule has 0 spiro atoms. The molecule has 13 heavy (non-hydrogen) atoms. The summed E-state index contributed by atoms with van der Waals surface area (Å²) in [6, 6.07) is 8.84. The largest absolute Gasteiger partial charge is 0.454 e. The van der Waals surface area contributed by atoms with Gasteiger partial charge in [-0.3, -0.25) is 4.79 Å². The minimum atomic E-state index is -0.524. The summed E-state index contributed by atoms with van der Waals surface area (Å²) in [7, 11) is 0. The number of ether oxygens (including phenoxy) is 1. The lowest BCUT2D eigenvalue weighted by molar-refractivity contribution is -0.111. The Morgan fingerprint density at radius 2 is 2.00 bits per heavy atom. The van der Waals surface area contributed by atoms with Crippen molar-refractivity contribution in [1.82, 2.24) is 0 Å². The Labute approximate surface area is 76.2 Å². The molecular formula is C10H9NO2. The van der Waals surface area contributed by atoms with E-state index in [1.807, 2.05) is 6.07 Å². The Bertz CT molecular complexity index is 330. The summed E-state index contributed by atoms with van der Waals surface area (Å²) >= 11 is 0. The highest BCUT2D eigenvalue weighted by Crippen LogP contribution is 2.11. The molecule has 1 rings (SSSR count). The number of rotatable bonds is 4. The van der Waals surface area contributed by atoms with Crippen molar-refractivity contribution in [2.45, 2.75) is 0 Å². The molecule has 0 aliphatic carbocycles. The van der Waals surface area contributed by atoms with E-state index in [1.165, 1.54) is 0 Å². The second-order valence-corrected chi connectivity index (χ2v) is 2.35. The average Bonchev–Trinajstić information content (AvgIpc) is 2.18. The van der Waals surface area contributed by atoms with Crippen molar-refractivity contribution in [2.24, 2.45) is 0 Å². The molecule has 0 aromatic heterocycles. The van der Waals surface area contributed by atoms with Gasteiger partial charge in [-0.05, 0) is 12.1 Å². The summed E-state index contributed by atoms with van der Waals surface area (Å²) in [5, 5.41) is 6.69. The zero-order valence-corrected chi connectivity index (χ0v) is 6.99. The summed E-state index contributed by atoms with van der Waals surface area (Å²) in [4.78, 5) is 10.8. The third-order valence-corrected chi connectivity index (χ3v) is 1.39. The molecule has 66 valence electrons. The number of para-hydroxylation sites is 1. The molecule has 0 radical (unpaired) electrons. The van der Waals surface area contributed by atoms with E-state index in [2.05, 4.69) is 6.58 Å². The first kappa shape index (κ1) is 9.19. The second-order valence-electron chi connectivity index (χ2n) is 2.35. The number of carbonyl (C=O) groups excluding carboxylic acids is 1. The summed E-state index contributed by atoms with van der Waals surface area (Å²) in [6.45, 7) is 3.40. The van der Waals surface area contributed by atoms with E-state index in [9.17, 15) is 4.79 Å². The topological polar surface area (TPSA) is 50.2 Å². The van der Waals surface area contributed by atoms with Crippen LogP contribution >= 0.6 is 0 Å². The van der Waals surface area contributed by atoms with Crippen molar-refractivity contribution >= 4 is 12.0 Å². The van der Waals surface area contributed by atoms with Gasteiger partial charge in [0, 0.05) is 0 Å². The SMILES string of the molecule is C=C(Oc1ccccc1)C(=O)C=N. The van der Waals surface area contributed by atoms with Crippen molar-refractivity contribution in [2.75, 3.05) is 0 Å². The van der Waals surface area contributed by atoms with E-state index in [-0.39, 0.29) is 5.76 Å². The van der Waals surface area contributed by atoms with E-state index in [0.29, 0.717) is 12.0 Å². The van der Waals surface area contributed by atoms with Gasteiger partial charge in [-0.2, -0.15) is 0 Å². The molecule has 0 bridgehead atoms. The second kappa shape index (κ2) is 4.21. The van der Waals surface area contributed by atoms with Gasteiger partial charge < -0.3 is 10.1 Å². The fraction of sp³-hybridized carbons (Fsp3) is 0. The van der Waals surface area contributed by atoms with Gasteiger partial charge >= 0.3 is 0 Å². The lowest BCUT2D eigenvalue weighted by Gasteiger charge is -2.03. The van der Waals surface area contributed by atoms with Crippen LogP contribution in [0.3, 0.4) is 0 Å². The quantitative estimate of drug-likeness (QED) is 0.431. The number of allylic oxidation sites excluding steroid dienone is 1. The Morgan fingerprint density at radius 3 is 2.54 bits per heavy atom. The Balaban J connectivity index is 2.65. The zero-order chi connectivity index (χ0) is 9.68. The number of benzene rings is 1. The fourth-order valence-corrected chi connectivity index (χ4v) is 0.762. The standard InChI is InChI=1S/C10H9NO2/c1-8(10(12)7-11)13-9-5-3-2-4-6-9/h2-7,11H,1H2. The molecule has 1 N–H and O–H groups in total. The molecule has 0 heterocycles. The molecule has 3 nitrogen and oxygen atoms in total. The van der Waals surface area contributed by atoms with Gasteiger partial charge in [0.2, 0.25) is 5.78 Å². The number of nitrogens with one attached hydrogen (secondary N) is 1. The lowest BCUT2D eigenvalue weighted by Crippen LogP contribution is -2.07. The van der Waals surface area contributed by atoms with Gasteiger partial charge in [0.15, 0.2) is 5.76 Å². The molecule has 0 amide bonds. The molecular weight excluding hydrogens is 166 g/mol. The average molecular weight is 175 g/mol. The van der Waals surface area contributed by atoms with Crippen LogP contribution in [-0.4, -0.2) is 12.0 Å². The molecule has 0 aliphatic rings. The highest BCUT2D eigenvalue weighted by atomic mass is 16.5. The zero-order valence-electron chi connectivity index (χ0n) is 6.99. The molecule has 0 unspecified atom stereocenters. The van der Waals surface area contributed by atoms with E-state index in [4.69, 9.17) is 10.1 Å². The molecule has 0 saturated heterocycles. The van der Waals surface area contributed by atoms with E-state index in [0.717, 1.165) is 0 Å². The van der Waals surface area contributed by atoms with Crippen molar-refractivity contribution in [1.29, 1.82) is 5.41 Å². The summed E-state index contributed by atoms with van der Waals surface area (Å²) < 4.78 is 5.07. The fourth-order valence-electron chi connectivity index (χ4n) is 0.762. The first-order chi connectivity index (χ1) is 6.24. The van der Waals surface area contributed by atoms with Crippen molar-refractivity contribution in [3.05, 3.63) is 42.7 Å². The van der Waals surface area contributed by atoms with Crippen LogP contribution < -0.4 is 4.74 Å². The van der Waals surface area contributed by atoms with Gasteiger partial charge in [-0.25, -0.2) is 0 Å². The van der Waals surface area contributed by atoms with Gasteiger partial charge in [-0.15, -0.1) is 0 Å². The molecule has 0 atom stereocenters. The highest BCUT2D eigenvalue weighted by molar-refractivity contribution is 6.33. The first-order valence-corrected chi connectivity index (χ1v) is 3.70. The van der Waals surface area contributed by atoms with E-state index >= 15 is 0 Å². The van der Waals surface area contributed by atoms with Gasteiger partial charge in [0.25, 0.3) is 0 Å². The Morgan fingerprint density at radius 1 is 1.38 bits per heavy atom. The van der Waals surface area contributed by atoms with Crippen LogP contribution in [-0.2, 0) is 4.79 Å². The lowest BCUT2D eigenvalue weighted by atomic mass is 10.3. The van der Waals surface area contributed by atoms with Crippen molar-refractivity contribution < 1.29 is 9.53 Å². The van der Waals surface area contributed by atoms with Crippen LogP contribution in [0.25, 0.3) is 0 Å². The third-order valence-electron chi connectivity index (χ3n) is 1.39. The predicted octanol–water partition coefficient (Wildman–Crippen LogP) is 1.80. The number of hydrogen-bond acceptors (Lipinski definition) is 3. The van der Waals surface area contributed by atoms with E-state index < -0.39 is 5.78 Å². The number of Topliss-reactive ketones (excluding diaryl/α,β-unsaturated/α-hetero) is 1. The van der Waals surface area contributed by atoms with Crippen LogP contribution in [0.1, 0.15) is 0 Å². The van der Waals surface area contributed by atoms with Gasteiger partial charge in [0.05, 0.1) is 6.21 Å². The van der Waals surface area contributed by atoms with Crippen LogP contribution in [0.2, 0.25) is 0 Å². The normalized spacial score (nSPS) is 8.92. The van der Waals surface area contributed by atoms with Crippen LogP contribution in [0, 0.1) is 5.41 Å². The van der Waals surface area contributed by atoms with Gasteiger partial charge in [0.1, 0.15) is 5.75 Å². The minimum absolute atomic E-state index is 0.0406. The monoisotopic (exact) mass is 175 g/mol. The first-order valence-electron chi connectivity index (χ1n) is 3.70. The number of hydrogen-bond donors (Lipinski definition) is 1. The third kappa shape index (κ3) is 2.56. The van der Waals surface area contributed by atoms with Crippen LogP contribution in [0.15, 0.2) is 42.7 Å². The maximum atomic E-state index is 10.8. The smallest absolute Gasteiger partial charge is 0.237 e. The maximum Gasteiger partial charge on any atom is 0.237 e. The van der Waals surface area contributed by atoms with Crippen LogP contribution in [0.5, 0.6) is 5.75 Å². The van der Waals surface area contributed by atoms with E-state index in [1.54, 1.807) is 24.3 Å². The predicted molar refractivity (Wildman–Crippen MR) is 50.0 cm³/mol. The molecule has 0 fully saturated rings. The number of ketones is 1. The molecule has 0 aliphatic heterocycles. The molecule has 1 aromatic carbocycles. The van der Waals surface area contributed by atoms with Crippen molar-refractivity contribution in [3.63, 3.8) is 0 Å². The van der Waals surface area contributed by atoms with Gasteiger partial charge in [-0.1, -0.05) is 24.8 Å². The summed E-state index contributed by atoms with van der Waals surface area (Å²) in [5.74, 6) is -0.0206. The molecule has 3 heteroatoms. The summed E-state index contributed by atoms with van der Waals surface area (Å²) in [6.07, 6.45) is 0.672. The molecule has 0 saturated carbocycles. The molecule has 1 aromatic rings. The highest BCUT2D eigenvalue weighted by Gasteiger charge is 2.04. The van der Waals surface area contributed by atoms with Crippen molar-refractivity contribution in [3.8, 4) is 5.75 Å². The Hall–Kier alpha value is -1.90.